The first-order valence-electron chi connectivity index (χ1n) is 6.83. The van der Waals surface area contributed by atoms with E-state index in [1.54, 1.807) is 18.6 Å². The molecule has 5 heteroatoms. The largest absolute Gasteiger partial charge is 0.369 e. The van der Waals surface area contributed by atoms with Crippen LogP contribution in [0.15, 0.2) is 36.8 Å². The Kier molecular flexibility index (Phi) is 3.99. The van der Waals surface area contributed by atoms with Gasteiger partial charge >= 0.3 is 0 Å². The second kappa shape index (κ2) is 6.07. The van der Waals surface area contributed by atoms with Gasteiger partial charge in [0.15, 0.2) is 0 Å². The van der Waals surface area contributed by atoms with E-state index in [9.17, 15) is 0 Å². The van der Waals surface area contributed by atoms with E-state index >= 15 is 0 Å². The molecule has 1 fully saturated rings. The highest BCUT2D eigenvalue weighted by molar-refractivity contribution is 5.10. The van der Waals surface area contributed by atoms with Crippen molar-refractivity contribution in [3.63, 3.8) is 0 Å². The fourth-order valence-electron chi connectivity index (χ4n) is 2.42. The summed E-state index contributed by atoms with van der Waals surface area (Å²) in [5.74, 6) is 0. The average molecular weight is 270 g/mol. The first kappa shape index (κ1) is 13.1. The molecule has 2 aromatic heterocycles. The van der Waals surface area contributed by atoms with Gasteiger partial charge in [-0.1, -0.05) is 6.07 Å². The average Bonchev–Trinajstić information content (AvgIpc) is 2.48. The molecule has 1 atom stereocenters. The van der Waals surface area contributed by atoms with Gasteiger partial charge in [0.1, 0.15) is 6.10 Å². The number of pyridine rings is 1. The summed E-state index contributed by atoms with van der Waals surface area (Å²) >= 11 is 0. The van der Waals surface area contributed by atoms with Crippen molar-refractivity contribution in [2.45, 2.75) is 19.6 Å². The molecule has 0 radical (unpaired) electrons. The molecule has 0 amide bonds. The maximum Gasteiger partial charge on any atom is 0.114 e. The SMILES string of the molecule is Cc1cccc(CN2CCO[C@H](c3cnccn3)C2)n1. The lowest BCUT2D eigenvalue weighted by Crippen LogP contribution is -2.38. The molecule has 1 aliphatic rings. The Hall–Kier alpha value is -1.85. The molecule has 0 N–H and O–H groups in total. The number of nitrogens with zero attached hydrogens (tertiary/aromatic N) is 4. The van der Waals surface area contributed by atoms with Crippen LogP contribution in [0.3, 0.4) is 0 Å². The molecule has 0 spiro atoms. The second-order valence-electron chi connectivity index (χ2n) is 5.00. The molecule has 0 unspecified atom stereocenters. The zero-order valence-corrected chi connectivity index (χ0v) is 11.6. The van der Waals surface area contributed by atoms with Gasteiger partial charge in [0.25, 0.3) is 0 Å². The lowest BCUT2D eigenvalue weighted by molar-refractivity contribution is -0.0355. The summed E-state index contributed by atoms with van der Waals surface area (Å²) in [6.07, 6.45) is 5.17. The summed E-state index contributed by atoms with van der Waals surface area (Å²) in [7, 11) is 0. The number of aromatic nitrogens is 3. The molecule has 0 aliphatic carbocycles. The summed E-state index contributed by atoms with van der Waals surface area (Å²) in [6.45, 7) is 5.33. The van der Waals surface area contributed by atoms with Crippen LogP contribution in [0, 0.1) is 6.92 Å². The third kappa shape index (κ3) is 3.18. The van der Waals surface area contributed by atoms with E-state index in [1.165, 1.54) is 0 Å². The normalized spacial score (nSPS) is 19.9. The van der Waals surface area contributed by atoms with Gasteiger partial charge in [-0.05, 0) is 19.1 Å². The molecule has 104 valence electrons. The first-order valence-corrected chi connectivity index (χ1v) is 6.83. The highest BCUT2D eigenvalue weighted by Gasteiger charge is 2.23. The third-order valence-electron chi connectivity index (χ3n) is 3.40. The van der Waals surface area contributed by atoms with Gasteiger partial charge in [0, 0.05) is 37.7 Å². The van der Waals surface area contributed by atoms with E-state index in [4.69, 9.17) is 4.74 Å². The zero-order valence-electron chi connectivity index (χ0n) is 11.6. The van der Waals surface area contributed by atoms with Gasteiger partial charge in [-0.3, -0.25) is 19.9 Å². The van der Waals surface area contributed by atoms with Crippen LogP contribution in [0.5, 0.6) is 0 Å². The predicted octanol–water partition coefficient (Wildman–Crippen LogP) is 1.75. The topological polar surface area (TPSA) is 51.1 Å². The van der Waals surface area contributed by atoms with E-state index in [1.807, 2.05) is 13.0 Å². The molecule has 0 bridgehead atoms. The van der Waals surface area contributed by atoms with Crippen LogP contribution in [0.25, 0.3) is 0 Å². The summed E-state index contributed by atoms with van der Waals surface area (Å²) in [5, 5.41) is 0. The zero-order chi connectivity index (χ0) is 13.8. The quantitative estimate of drug-likeness (QED) is 0.850. The molecule has 3 heterocycles. The molecule has 1 saturated heterocycles. The summed E-state index contributed by atoms with van der Waals surface area (Å²) < 4.78 is 5.79. The number of rotatable bonds is 3. The number of hydrogen-bond acceptors (Lipinski definition) is 5. The second-order valence-corrected chi connectivity index (χ2v) is 5.00. The van der Waals surface area contributed by atoms with Crippen molar-refractivity contribution in [1.29, 1.82) is 0 Å². The Morgan fingerprint density at radius 3 is 3.10 bits per heavy atom. The monoisotopic (exact) mass is 270 g/mol. The highest BCUT2D eigenvalue weighted by Crippen LogP contribution is 2.20. The molecule has 0 saturated carbocycles. The van der Waals surface area contributed by atoms with Gasteiger partial charge in [-0.2, -0.15) is 0 Å². The van der Waals surface area contributed by atoms with E-state index in [2.05, 4.69) is 32.0 Å². The van der Waals surface area contributed by atoms with E-state index in [0.717, 1.165) is 36.7 Å². The van der Waals surface area contributed by atoms with Crippen LogP contribution < -0.4 is 0 Å². The molecule has 5 nitrogen and oxygen atoms in total. The van der Waals surface area contributed by atoms with Gasteiger partial charge in [-0.15, -0.1) is 0 Å². The number of hydrogen-bond donors (Lipinski definition) is 0. The Bertz CT molecular complexity index is 561. The molecule has 3 rings (SSSR count). The van der Waals surface area contributed by atoms with Crippen LogP contribution in [-0.4, -0.2) is 39.5 Å². The fourth-order valence-corrected chi connectivity index (χ4v) is 2.42. The standard InChI is InChI=1S/C15H18N4O/c1-12-3-2-4-13(18-12)10-19-7-8-20-15(11-19)14-9-16-5-6-17-14/h2-6,9,15H,7-8,10-11H2,1H3/t15-/m0/s1. The van der Waals surface area contributed by atoms with Crippen molar-refractivity contribution < 1.29 is 4.74 Å². The van der Waals surface area contributed by atoms with Crippen molar-refractivity contribution >= 4 is 0 Å². The lowest BCUT2D eigenvalue weighted by Gasteiger charge is -2.32. The number of aryl methyl sites for hydroxylation is 1. The van der Waals surface area contributed by atoms with E-state index in [-0.39, 0.29) is 6.10 Å². The van der Waals surface area contributed by atoms with Gasteiger partial charge < -0.3 is 4.74 Å². The van der Waals surface area contributed by atoms with Crippen LogP contribution in [-0.2, 0) is 11.3 Å². The van der Waals surface area contributed by atoms with Crippen molar-refractivity contribution in [3.8, 4) is 0 Å². The molecular weight excluding hydrogens is 252 g/mol. The summed E-state index contributed by atoms with van der Waals surface area (Å²) in [6, 6.07) is 6.14. The number of ether oxygens (including phenoxy) is 1. The maximum absolute atomic E-state index is 5.79. The molecule has 20 heavy (non-hydrogen) atoms. The molecule has 1 aliphatic heterocycles. The number of morpholine rings is 1. The van der Waals surface area contributed by atoms with Crippen molar-refractivity contribution in [2.24, 2.45) is 0 Å². The van der Waals surface area contributed by atoms with Gasteiger partial charge in [0.2, 0.25) is 0 Å². The molecular formula is C15H18N4O. The highest BCUT2D eigenvalue weighted by atomic mass is 16.5. The van der Waals surface area contributed by atoms with Crippen molar-refractivity contribution in [2.75, 3.05) is 19.7 Å². The van der Waals surface area contributed by atoms with Crippen LogP contribution >= 0.6 is 0 Å². The smallest absolute Gasteiger partial charge is 0.114 e. The minimum atomic E-state index is 0.00209. The van der Waals surface area contributed by atoms with Gasteiger partial charge in [0.05, 0.1) is 24.2 Å². The molecule has 2 aromatic rings. The van der Waals surface area contributed by atoms with Crippen LogP contribution in [0.4, 0.5) is 0 Å². The van der Waals surface area contributed by atoms with Crippen molar-refractivity contribution in [3.05, 3.63) is 53.9 Å². The predicted molar refractivity (Wildman–Crippen MR) is 75.0 cm³/mol. The first-order chi connectivity index (χ1) is 9.81. The third-order valence-corrected chi connectivity index (χ3v) is 3.40. The Labute approximate surface area is 118 Å². The van der Waals surface area contributed by atoms with Gasteiger partial charge in [-0.25, -0.2) is 0 Å². The van der Waals surface area contributed by atoms with Crippen LogP contribution in [0.1, 0.15) is 23.2 Å². The van der Waals surface area contributed by atoms with Crippen LogP contribution in [0.2, 0.25) is 0 Å². The maximum atomic E-state index is 5.79. The van der Waals surface area contributed by atoms with Crippen molar-refractivity contribution in [1.82, 2.24) is 19.9 Å². The summed E-state index contributed by atoms with van der Waals surface area (Å²) in [5.41, 5.74) is 3.06. The Morgan fingerprint density at radius 2 is 2.30 bits per heavy atom. The lowest BCUT2D eigenvalue weighted by atomic mass is 10.2. The minimum Gasteiger partial charge on any atom is -0.369 e. The summed E-state index contributed by atoms with van der Waals surface area (Å²) in [4.78, 5) is 15.3. The molecule has 0 aromatic carbocycles. The van der Waals surface area contributed by atoms with E-state index in [0.29, 0.717) is 6.61 Å². The minimum absolute atomic E-state index is 0.00209. The Morgan fingerprint density at radius 1 is 1.35 bits per heavy atom. The Balaban J connectivity index is 1.66. The fraction of sp³-hybridized carbons (Fsp3) is 0.400. The van der Waals surface area contributed by atoms with E-state index < -0.39 is 0 Å².